The molecule has 1 aromatic carbocycles. The largest absolute Gasteiger partial charge is 0.493 e. The van der Waals surface area contributed by atoms with Crippen LogP contribution >= 0.6 is 0 Å². The van der Waals surface area contributed by atoms with Gasteiger partial charge in [-0.25, -0.2) is 9.98 Å². The number of guanidine groups is 1. The van der Waals surface area contributed by atoms with Crippen molar-refractivity contribution in [2.24, 2.45) is 4.99 Å². The van der Waals surface area contributed by atoms with E-state index in [9.17, 15) is 0 Å². The van der Waals surface area contributed by atoms with E-state index >= 15 is 0 Å². The summed E-state index contributed by atoms with van der Waals surface area (Å²) in [5.74, 6) is 3.10. The van der Waals surface area contributed by atoms with Crippen molar-refractivity contribution >= 4 is 17.5 Å². The lowest BCUT2D eigenvalue weighted by Crippen LogP contribution is -2.44. The smallest absolute Gasteiger partial charge is 0.196 e. The molecule has 2 heterocycles. The van der Waals surface area contributed by atoms with Crippen molar-refractivity contribution in [2.75, 3.05) is 64.2 Å². The Morgan fingerprint density at radius 3 is 2.47 bits per heavy atom. The van der Waals surface area contributed by atoms with Gasteiger partial charge in [-0.1, -0.05) is 6.07 Å². The number of aliphatic imine (C=N–C) groups is 1. The molecule has 8 heteroatoms. The Hall–Kier alpha value is -3.00. The molecule has 1 aliphatic rings. The third-order valence-electron chi connectivity index (χ3n) is 5.05. The number of benzene rings is 1. The second kappa shape index (κ2) is 10.7. The summed E-state index contributed by atoms with van der Waals surface area (Å²) in [7, 11) is 5.41. The van der Waals surface area contributed by atoms with E-state index < -0.39 is 0 Å². The molecule has 1 saturated heterocycles. The lowest BCUT2D eigenvalue weighted by Gasteiger charge is -2.33. The van der Waals surface area contributed by atoms with E-state index in [0.29, 0.717) is 24.0 Å². The summed E-state index contributed by atoms with van der Waals surface area (Å²) in [6.45, 7) is 7.52. The first-order chi connectivity index (χ1) is 14.6. The molecule has 8 nitrogen and oxygen atoms in total. The molecule has 2 N–H and O–H groups in total. The molecule has 1 aromatic heterocycles. The molecular formula is C22H32N6O2. The van der Waals surface area contributed by atoms with Crippen molar-refractivity contribution in [1.29, 1.82) is 0 Å². The van der Waals surface area contributed by atoms with Gasteiger partial charge in [0.25, 0.3) is 0 Å². The first-order valence-corrected chi connectivity index (χ1v) is 10.3. The molecule has 0 aliphatic carbocycles. The SMILES string of the molecule is CCNC(=NCc1ccc(N2CCN(C)CC2)nc1)Nc1ccc(OC)c(OC)c1. The predicted molar refractivity (Wildman–Crippen MR) is 122 cm³/mol. The van der Waals surface area contributed by atoms with Gasteiger partial charge < -0.3 is 29.9 Å². The Kier molecular flexibility index (Phi) is 7.73. The van der Waals surface area contributed by atoms with Crippen molar-refractivity contribution < 1.29 is 9.47 Å². The highest BCUT2D eigenvalue weighted by Gasteiger charge is 2.15. The number of ether oxygens (including phenoxy) is 2. The standard InChI is InChI=1S/C22H32N6O2/c1-5-23-22(26-18-7-8-19(29-3)20(14-18)30-4)25-16-17-6-9-21(24-15-17)28-12-10-27(2)11-13-28/h6-9,14-15H,5,10-13,16H2,1-4H3,(H2,23,25,26). The Bertz CT molecular complexity index is 832. The number of anilines is 2. The number of nitrogens with zero attached hydrogens (tertiary/aromatic N) is 4. The van der Waals surface area contributed by atoms with Crippen molar-refractivity contribution in [2.45, 2.75) is 13.5 Å². The van der Waals surface area contributed by atoms with Crippen LogP contribution in [0.3, 0.4) is 0 Å². The lowest BCUT2D eigenvalue weighted by atomic mass is 10.2. The topological polar surface area (TPSA) is 74.3 Å². The number of nitrogens with one attached hydrogen (secondary N) is 2. The molecule has 1 aliphatic heterocycles. The highest BCUT2D eigenvalue weighted by Crippen LogP contribution is 2.29. The summed E-state index contributed by atoms with van der Waals surface area (Å²) in [5, 5.41) is 6.58. The molecule has 0 radical (unpaired) electrons. The normalized spacial score (nSPS) is 15.1. The summed E-state index contributed by atoms with van der Waals surface area (Å²) < 4.78 is 10.7. The summed E-state index contributed by atoms with van der Waals surface area (Å²) in [5.41, 5.74) is 1.94. The monoisotopic (exact) mass is 412 g/mol. The van der Waals surface area contributed by atoms with E-state index in [-0.39, 0.29) is 0 Å². The van der Waals surface area contributed by atoms with E-state index in [4.69, 9.17) is 14.5 Å². The maximum Gasteiger partial charge on any atom is 0.196 e. The number of piperazine rings is 1. The summed E-state index contributed by atoms with van der Waals surface area (Å²) in [6, 6.07) is 9.87. The van der Waals surface area contributed by atoms with Crippen molar-refractivity contribution in [3.8, 4) is 11.5 Å². The number of hydrogen-bond acceptors (Lipinski definition) is 6. The average Bonchev–Trinajstić information content (AvgIpc) is 2.78. The van der Waals surface area contributed by atoms with Crippen molar-refractivity contribution in [3.63, 3.8) is 0 Å². The number of pyridine rings is 1. The summed E-state index contributed by atoms with van der Waals surface area (Å²) >= 11 is 0. The predicted octanol–water partition coefficient (Wildman–Crippen LogP) is 2.43. The fourth-order valence-electron chi connectivity index (χ4n) is 3.26. The van der Waals surface area contributed by atoms with Gasteiger partial charge in [-0.2, -0.15) is 0 Å². The Labute approximate surface area is 178 Å². The molecule has 0 atom stereocenters. The number of methoxy groups -OCH3 is 2. The number of likely N-dealkylation sites (N-methyl/N-ethyl adjacent to an activating group) is 1. The zero-order valence-corrected chi connectivity index (χ0v) is 18.3. The van der Waals surface area contributed by atoms with Crippen LogP contribution in [-0.2, 0) is 6.54 Å². The summed E-state index contributed by atoms with van der Waals surface area (Å²) in [6.07, 6.45) is 1.91. The molecule has 162 valence electrons. The van der Waals surface area contributed by atoms with Gasteiger partial charge in [-0.05, 0) is 37.7 Å². The van der Waals surface area contributed by atoms with Crippen molar-refractivity contribution in [3.05, 3.63) is 42.1 Å². The Balaban J connectivity index is 1.64. The molecule has 0 bridgehead atoms. The van der Waals surface area contributed by atoms with Crippen LogP contribution in [0.15, 0.2) is 41.5 Å². The van der Waals surface area contributed by atoms with Gasteiger partial charge in [0, 0.05) is 50.7 Å². The van der Waals surface area contributed by atoms with Crippen LogP contribution in [0, 0.1) is 0 Å². The first kappa shape index (κ1) is 21.7. The molecule has 3 rings (SSSR count). The van der Waals surface area contributed by atoms with E-state index in [1.807, 2.05) is 31.3 Å². The zero-order valence-electron chi connectivity index (χ0n) is 18.3. The lowest BCUT2D eigenvalue weighted by molar-refractivity contribution is 0.312. The maximum atomic E-state index is 5.37. The van der Waals surface area contributed by atoms with Gasteiger partial charge >= 0.3 is 0 Å². The highest BCUT2D eigenvalue weighted by molar-refractivity contribution is 5.93. The van der Waals surface area contributed by atoms with Gasteiger partial charge in [0.1, 0.15) is 5.82 Å². The quantitative estimate of drug-likeness (QED) is 0.534. The molecule has 0 amide bonds. The van der Waals surface area contributed by atoms with E-state index in [1.165, 1.54) is 0 Å². The Morgan fingerprint density at radius 2 is 1.83 bits per heavy atom. The number of hydrogen-bond donors (Lipinski definition) is 2. The molecule has 0 spiro atoms. The molecule has 2 aromatic rings. The van der Waals surface area contributed by atoms with Gasteiger partial charge in [0.2, 0.25) is 0 Å². The van der Waals surface area contributed by atoms with Crippen LogP contribution in [0.4, 0.5) is 11.5 Å². The highest BCUT2D eigenvalue weighted by atomic mass is 16.5. The third-order valence-corrected chi connectivity index (χ3v) is 5.05. The fourth-order valence-corrected chi connectivity index (χ4v) is 3.26. The Morgan fingerprint density at radius 1 is 1.07 bits per heavy atom. The van der Waals surface area contributed by atoms with Gasteiger partial charge in [-0.3, -0.25) is 0 Å². The van der Waals surface area contributed by atoms with Crippen LogP contribution in [0.1, 0.15) is 12.5 Å². The number of aromatic nitrogens is 1. The van der Waals surface area contributed by atoms with Crippen LogP contribution in [0.2, 0.25) is 0 Å². The zero-order chi connectivity index (χ0) is 21.3. The minimum absolute atomic E-state index is 0.540. The first-order valence-electron chi connectivity index (χ1n) is 10.3. The fraction of sp³-hybridized carbons (Fsp3) is 0.455. The van der Waals surface area contributed by atoms with Crippen LogP contribution in [0.5, 0.6) is 11.5 Å². The van der Waals surface area contributed by atoms with Gasteiger partial charge in [0.05, 0.1) is 20.8 Å². The summed E-state index contributed by atoms with van der Waals surface area (Å²) in [4.78, 5) is 14.0. The van der Waals surface area contributed by atoms with Crippen LogP contribution in [-0.4, -0.2) is 69.8 Å². The van der Waals surface area contributed by atoms with Gasteiger partial charge in [0.15, 0.2) is 17.5 Å². The van der Waals surface area contributed by atoms with Crippen molar-refractivity contribution in [1.82, 2.24) is 15.2 Å². The van der Waals surface area contributed by atoms with E-state index in [2.05, 4.69) is 44.6 Å². The van der Waals surface area contributed by atoms with Crippen LogP contribution < -0.4 is 25.0 Å². The van der Waals surface area contributed by atoms with E-state index in [1.54, 1.807) is 14.2 Å². The molecule has 30 heavy (non-hydrogen) atoms. The number of rotatable bonds is 7. The third kappa shape index (κ3) is 5.76. The second-order valence-corrected chi connectivity index (χ2v) is 7.20. The molecule has 0 unspecified atom stereocenters. The minimum Gasteiger partial charge on any atom is -0.493 e. The van der Waals surface area contributed by atoms with E-state index in [0.717, 1.165) is 49.8 Å². The van der Waals surface area contributed by atoms with Gasteiger partial charge in [-0.15, -0.1) is 0 Å². The maximum absolute atomic E-state index is 5.37. The second-order valence-electron chi connectivity index (χ2n) is 7.20. The average molecular weight is 413 g/mol. The van der Waals surface area contributed by atoms with Crippen LogP contribution in [0.25, 0.3) is 0 Å². The molecular weight excluding hydrogens is 380 g/mol. The minimum atomic E-state index is 0.540. The molecule has 0 saturated carbocycles. The molecule has 1 fully saturated rings.